The average Bonchev–Trinajstić information content (AvgIpc) is 2.67. The third-order valence-corrected chi connectivity index (χ3v) is 6.15. The Labute approximate surface area is 170 Å². The topological polar surface area (TPSA) is 70.6 Å². The second-order valence-corrected chi connectivity index (χ2v) is 9.23. The molecule has 1 aromatic rings. The summed E-state index contributed by atoms with van der Waals surface area (Å²) in [6.45, 7) is 4.10. The van der Waals surface area contributed by atoms with Gasteiger partial charge in [-0.15, -0.1) is 0 Å². The number of ketones is 1. The van der Waals surface area contributed by atoms with Crippen LogP contribution in [0.2, 0.25) is 0 Å². The highest BCUT2D eigenvalue weighted by molar-refractivity contribution is 6.21. The molecule has 2 aliphatic carbocycles. The molecular weight excluding hydrogens is 369 g/mol. The Kier molecular flexibility index (Phi) is 5.28. The smallest absolute Gasteiger partial charge is 0.234 e. The Hall–Kier alpha value is -2.50. The zero-order chi connectivity index (χ0) is 20.6. The Morgan fingerprint density at radius 2 is 1.83 bits per heavy atom. The fraction of sp³-hybridized carbons (Fsp3) is 0.522. The van der Waals surface area contributed by atoms with Crippen LogP contribution in [0.4, 0.5) is 4.39 Å². The number of rotatable bonds is 3. The zero-order valence-corrected chi connectivity index (χ0v) is 17.1. The van der Waals surface area contributed by atoms with Gasteiger partial charge in [0, 0.05) is 23.7 Å². The van der Waals surface area contributed by atoms with Crippen molar-refractivity contribution < 1.29 is 14.0 Å². The van der Waals surface area contributed by atoms with Crippen LogP contribution in [-0.4, -0.2) is 23.4 Å². The molecule has 1 heterocycles. The van der Waals surface area contributed by atoms with Gasteiger partial charge in [-0.25, -0.2) is 4.39 Å². The van der Waals surface area contributed by atoms with Gasteiger partial charge in [-0.3, -0.25) is 15.0 Å². The average molecular weight is 397 g/mol. The van der Waals surface area contributed by atoms with E-state index in [1.54, 1.807) is 12.1 Å². The Balaban J connectivity index is 1.70. The minimum atomic E-state index is -0.762. The van der Waals surface area contributed by atoms with Crippen molar-refractivity contribution in [3.63, 3.8) is 0 Å². The van der Waals surface area contributed by atoms with Crippen molar-refractivity contribution >= 4 is 17.4 Å². The molecule has 0 spiro atoms. The SMILES string of the molecule is CC1(C)CC(=O)C2=C(C1)NN=C(c1ccc(F)cc1)C2C(=O)NC1CCCCC1. The van der Waals surface area contributed by atoms with E-state index in [4.69, 9.17) is 0 Å². The maximum absolute atomic E-state index is 13.4. The molecule has 0 bridgehead atoms. The van der Waals surface area contributed by atoms with Crippen LogP contribution in [0.15, 0.2) is 40.6 Å². The number of nitrogens with zero attached hydrogens (tertiary/aromatic N) is 1. The second-order valence-electron chi connectivity index (χ2n) is 9.23. The van der Waals surface area contributed by atoms with Crippen LogP contribution in [0.25, 0.3) is 0 Å². The molecule has 1 aliphatic heterocycles. The molecule has 29 heavy (non-hydrogen) atoms. The number of nitrogens with one attached hydrogen (secondary N) is 2. The van der Waals surface area contributed by atoms with E-state index in [-0.39, 0.29) is 29.0 Å². The fourth-order valence-corrected chi connectivity index (χ4v) is 4.74. The first kappa shape index (κ1) is 19.8. The van der Waals surface area contributed by atoms with Crippen molar-refractivity contribution in [1.29, 1.82) is 0 Å². The van der Waals surface area contributed by atoms with E-state index < -0.39 is 5.92 Å². The van der Waals surface area contributed by atoms with Crippen LogP contribution in [0, 0.1) is 17.2 Å². The predicted octanol–water partition coefficient (Wildman–Crippen LogP) is 3.84. The van der Waals surface area contributed by atoms with Crippen LogP contribution in [0.3, 0.4) is 0 Å². The maximum Gasteiger partial charge on any atom is 0.234 e. The highest BCUT2D eigenvalue weighted by Crippen LogP contribution is 2.40. The van der Waals surface area contributed by atoms with E-state index >= 15 is 0 Å². The number of halogens is 1. The Morgan fingerprint density at radius 3 is 2.52 bits per heavy atom. The van der Waals surface area contributed by atoms with Crippen molar-refractivity contribution in [1.82, 2.24) is 10.7 Å². The Morgan fingerprint density at radius 1 is 1.14 bits per heavy atom. The van der Waals surface area contributed by atoms with Crippen LogP contribution >= 0.6 is 0 Å². The molecule has 2 N–H and O–H groups in total. The quantitative estimate of drug-likeness (QED) is 0.814. The number of amides is 1. The summed E-state index contributed by atoms with van der Waals surface area (Å²) < 4.78 is 13.4. The first-order valence-electron chi connectivity index (χ1n) is 10.5. The molecule has 1 aromatic carbocycles. The molecule has 1 amide bonds. The van der Waals surface area contributed by atoms with Gasteiger partial charge in [-0.05, 0) is 42.4 Å². The maximum atomic E-state index is 13.4. The van der Waals surface area contributed by atoms with Crippen molar-refractivity contribution in [3.05, 3.63) is 46.9 Å². The lowest BCUT2D eigenvalue weighted by molar-refractivity contribution is -0.126. The first-order chi connectivity index (χ1) is 13.8. The first-order valence-corrected chi connectivity index (χ1v) is 10.5. The molecule has 1 atom stereocenters. The monoisotopic (exact) mass is 397 g/mol. The van der Waals surface area contributed by atoms with Crippen molar-refractivity contribution in [3.8, 4) is 0 Å². The molecule has 4 rings (SSSR count). The number of hydrogen-bond donors (Lipinski definition) is 2. The number of allylic oxidation sites excluding steroid dienone is 1. The summed E-state index contributed by atoms with van der Waals surface area (Å²) in [7, 11) is 0. The molecule has 0 radical (unpaired) electrons. The van der Waals surface area contributed by atoms with Crippen LogP contribution in [-0.2, 0) is 9.59 Å². The summed E-state index contributed by atoms with van der Waals surface area (Å²) in [5, 5.41) is 7.65. The van der Waals surface area contributed by atoms with Gasteiger partial charge in [0.2, 0.25) is 5.91 Å². The molecule has 5 nitrogen and oxygen atoms in total. The third-order valence-electron chi connectivity index (χ3n) is 6.15. The number of hydrogen-bond acceptors (Lipinski definition) is 4. The van der Waals surface area contributed by atoms with E-state index in [2.05, 4.69) is 15.8 Å². The van der Waals surface area contributed by atoms with Crippen molar-refractivity contribution in [2.75, 3.05) is 0 Å². The number of carbonyl (C=O) groups is 2. The summed E-state index contributed by atoms with van der Waals surface area (Å²) in [6.07, 6.45) is 6.41. The van der Waals surface area contributed by atoms with Gasteiger partial charge in [0.15, 0.2) is 5.78 Å². The standard InChI is InChI=1S/C23H28FN3O2/c1-23(2)12-17-19(18(28)13-23)20(22(29)25-16-6-4-3-5-7-16)21(27-26-17)14-8-10-15(24)11-9-14/h8-11,16,20,26H,3-7,12-13H2,1-2H3,(H,25,29). The van der Waals surface area contributed by atoms with E-state index in [0.717, 1.165) is 31.4 Å². The lowest BCUT2D eigenvalue weighted by Gasteiger charge is -2.37. The van der Waals surface area contributed by atoms with Gasteiger partial charge in [0.05, 0.1) is 5.71 Å². The summed E-state index contributed by atoms with van der Waals surface area (Å²) in [5.74, 6) is -1.30. The molecule has 0 aromatic heterocycles. The summed E-state index contributed by atoms with van der Waals surface area (Å²) in [6, 6.07) is 6.06. The van der Waals surface area contributed by atoms with Gasteiger partial charge >= 0.3 is 0 Å². The van der Waals surface area contributed by atoms with E-state index in [9.17, 15) is 14.0 Å². The van der Waals surface area contributed by atoms with Gasteiger partial charge in [0.1, 0.15) is 11.7 Å². The van der Waals surface area contributed by atoms with Crippen LogP contribution < -0.4 is 10.7 Å². The summed E-state index contributed by atoms with van der Waals surface area (Å²) in [5.41, 5.74) is 5.24. The molecule has 1 fully saturated rings. The molecule has 154 valence electrons. The zero-order valence-electron chi connectivity index (χ0n) is 17.1. The van der Waals surface area contributed by atoms with E-state index in [0.29, 0.717) is 29.7 Å². The van der Waals surface area contributed by atoms with E-state index in [1.165, 1.54) is 18.6 Å². The van der Waals surface area contributed by atoms with Gasteiger partial charge < -0.3 is 5.32 Å². The molecule has 3 aliphatic rings. The number of carbonyl (C=O) groups excluding carboxylic acids is 2. The number of hydrazone groups is 1. The Bertz CT molecular complexity index is 880. The lowest BCUT2D eigenvalue weighted by atomic mass is 9.71. The third kappa shape index (κ3) is 4.11. The lowest BCUT2D eigenvalue weighted by Crippen LogP contribution is -2.48. The molecule has 0 saturated heterocycles. The normalized spacial score (nSPS) is 24.4. The number of Topliss-reactive ketones (excluding diaryl/α,β-unsaturated/α-hetero) is 1. The van der Waals surface area contributed by atoms with Gasteiger partial charge in [-0.1, -0.05) is 45.2 Å². The molecular formula is C23H28FN3O2. The minimum absolute atomic E-state index is 0.0120. The van der Waals surface area contributed by atoms with Crippen LogP contribution in [0.5, 0.6) is 0 Å². The highest BCUT2D eigenvalue weighted by Gasteiger charge is 2.43. The second kappa shape index (κ2) is 7.73. The van der Waals surface area contributed by atoms with Crippen molar-refractivity contribution in [2.45, 2.75) is 64.8 Å². The van der Waals surface area contributed by atoms with Gasteiger partial charge in [-0.2, -0.15) is 5.10 Å². The van der Waals surface area contributed by atoms with Crippen LogP contribution in [0.1, 0.15) is 64.4 Å². The largest absolute Gasteiger partial charge is 0.352 e. The van der Waals surface area contributed by atoms with Gasteiger partial charge in [0.25, 0.3) is 0 Å². The fourth-order valence-electron chi connectivity index (χ4n) is 4.74. The van der Waals surface area contributed by atoms with Crippen molar-refractivity contribution in [2.24, 2.45) is 16.4 Å². The van der Waals surface area contributed by atoms with E-state index in [1.807, 2.05) is 13.8 Å². The molecule has 1 saturated carbocycles. The molecule has 6 heteroatoms. The summed E-state index contributed by atoms with van der Waals surface area (Å²) >= 11 is 0. The number of benzene rings is 1. The molecule has 1 unspecified atom stereocenters. The highest BCUT2D eigenvalue weighted by atomic mass is 19.1. The predicted molar refractivity (Wildman–Crippen MR) is 110 cm³/mol. The summed E-state index contributed by atoms with van der Waals surface area (Å²) in [4.78, 5) is 26.5. The minimum Gasteiger partial charge on any atom is -0.352 e.